The lowest BCUT2D eigenvalue weighted by molar-refractivity contribution is -0.101. The lowest BCUT2D eigenvalue weighted by Crippen LogP contribution is -2.53. The molecule has 0 aromatic rings. The fourth-order valence-corrected chi connectivity index (χ4v) is 3.24. The van der Waals surface area contributed by atoms with Gasteiger partial charge in [-0.05, 0) is 49.0 Å². The van der Waals surface area contributed by atoms with Crippen LogP contribution in [-0.2, 0) is 0 Å². The van der Waals surface area contributed by atoms with Gasteiger partial charge in [0.2, 0.25) is 0 Å². The van der Waals surface area contributed by atoms with E-state index in [-0.39, 0.29) is 0 Å². The van der Waals surface area contributed by atoms with E-state index in [1.807, 2.05) is 0 Å². The van der Waals surface area contributed by atoms with Crippen molar-refractivity contribution in [3.8, 4) is 0 Å². The molecule has 2 bridgehead atoms. The second-order valence-corrected chi connectivity index (χ2v) is 4.93. The maximum atomic E-state index is 5.74. The van der Waals surface area contributed by atoms with Gasteiger partial charge in [0, 0.05) is 0 Å². The first-order valence-corrected chi connectivity index (χ1v) is 4.86. The first kappa shape index (κ1) is 7.60. The van der Waals surface area contributed by atoms with E-state index in [1.54, 1.807) is 0 Å². The Morgan fingerprint density at radius 2 is 2.09 bits per heavy atom. The van der Waals surface area contributed by atoms with E-state index in [2.05, 4.69) is 13.8 Å². The van der Waals surface area contributed by atoms with E-state index in [0.717, 1.165) is 24.3 Å². The van der Waals surface area contributed by atoms with E-state index in [1.165, 1.54) is 19.3 Å². The average molecular weight is 153 g/mol. The molecular formula is C10H19N. The molecular weight excluding hydrogens is 134 g/mol. The summed E-state index contributed by atoms with van der Waals surface area (Å²) in [7, 11) is 0. The number of fused-ring (bicyclic) bond motifs is 2. The van der Waals surface area contributed by atoms with Gasteiger partial charge in [0.15, 0.2) is 0 Å². The molecule has 0 aromatic carbocycles. The Hall–Kier alpha value is -0.0400. The molecule has 0 heterocycles. The van der Waals surface area contributed by atoms with Crippen molar-refractivity contribution in [3.05, 3.63) is 0 Å². The molecule has 0 unspecified atom stereocenters. The van der Waals surface area contributed by atoms with Gasteiger partial charge in [-0.1, -0.05) is 13.8 Å². The Balaban J connectivity index is 2.10. The molecule has 11 heavy (non-hydrogen) atoms. The summed E-state index contributed by atoms with van der Waals surface area (Å²) in [6.45, 7) is 5.77. The highest BCUT2D eigenvalue weighted by Gasteiger charge is 2.53. The first-order valence-electron chi connectivity index (χ1n) is 4.86. The van der Waals surface area contributed by atoms with Crippen LogP contribution in [0.1, 0.15) is 33.1 Å². The molecule has 1 nitrogen and oxygen atoms in total. The second-order valence-electron chi connectivity index (χ2n) is 4.93. The van der Waals surface area contributed by atoms with Crippen LogP contribution in [0, 0.1) is 23.2 Å². The number of hydrogen-bond donors (Lipinski definition) is 1. The van der Waals surface area contributed by atoms with Crippen LogP contribution >= 0.6 is 0 Å². The Labute approximate surface area is 69.4 Å². The molecule has 3 rings (SSSR count). The zero-order valence-electron chi connectivity index (χ0n) is 7.64. The van der Waals surface area contributed by atoms with Crippen LogP contribution in [-0.4, -0.2) is 6.54 Å². The first-order chi connectivity index (χ1) is 5.16. The van der Waals surface area contributed by atoms with Crippen LogP contribution in [0.3, 0.4) is 0 Å². The summed E-state index contributed by atoms with van der Waals surface area (Å²) >= 11 is 0. The normalized spacial score (nSPS) is 46.6. The minimum Gasteiger partial charge on any atom is -0.330 e. The molecule has 3 fully saturated rings. The molecule has 0 aliphatic heterocycles. The Bertz CT molecular complexity index is 160. The standard InChI is InChI=1S/C10H19N/c1-10(2)8-4-3-7(6-11)9(10)5-8/h7-9H,3-6,11H2,1-2H3/t7-,8-,9+/m1/s1. The summed E-state index contributed by atoms with van der Waals surface area (Å²) in [5.41, 5.74) is 6.37. The third-order valence-electron chi connectivity index (χ3n) is 4.30. The van der Waals surface area contributed by atoms with Crippen LogP contribution in [0.25, 0.3) is 0 Å². The van der Waals surface area contributed by atoms with Crippen molar-refractivity contribution in [2.45, 2.75) is 33.1 Å². The molecule has 0 radical (unpaired) electrons. The fraction of sp³-hybridized carbons (Fsp3) is 1.00. The second kappa shape index (κ2) is 2.22. The van der Waals surface area contributed by atoms with Gasteiger partial charge >= 0.3 is 0 Å². The summed E-state index contributed by atoms with van der Waals surface area (Å²) in [6.07, 6.45) is 4.30. The van der Waals surface area contributed by atoms with Crippen LogP contribution in [0.4, 0.5) is 0 Å². The molecule has 3 atom stereocenters. The van der Waals surface area contributed by atoms with Crippen molar-refractivity contribution < 1.29 is 0 Å². The molecule has 0 amide bonds. The third kappa shape index (κ3) is 0.868. The molecule has 64 valence electrons. The predicted molar refractivity (Wildman–Crippen MR) is 47.2 cm³/mol. The van der Waals surface area contributed by atoms with E-state index < -0.39 is 0 Å². The van der Waals surface area contributed by atoms with Gasteiger partial charge in [-0.15, -0.1) is 0 Å². The fourth-order valence-electron chi connectivity index (χ4n) is 3.24. The molecule has 3 aliphatic carbocycles. The van der Waals surface area contributed by atoms with Crippen molar-refractivity contribution in [2.24, 2.45) is 28.9 Å². The largest absolute Gasteiger partial charge is 0.330 e. The zero-order chi connectivity index (χ0) is 8.06. The molecule has 0 spiro atoms. The van der Waals surface area contributed by atoms with Crippen LogP contribution in [0.15, 0.2) is 0 Å². The minimum atomic E-state index is 0.627. The Kier molecular flexibility index (Phi) is 1.54. The maximum Gasteiger partial charge on any atom is -0.00460 e. The number of rotatable bonds is 1. The molecule has 2 N–H and O–H groups in total. The zero-order valence-corrected chi connectivity index (χ0v) is 7.64. The van der Waals surface area contributed by atoms with Crippen LogP contribution in [0.2, 0.25) is 0 Å². The highest BCUT2D eigenvalue weighted by Crippen LogP contribution is 2.60. The Morgan fingerprint density at radius 3 is 2.45 bits per heavy atom. The monoisotopic (exact) mass is 153 g/mol. The molecule has 3 saturated carbocycles. The predicted octanol–water partition coefficient (Wildman–Crippen LogP) is 2.02. The highest BCUT2D eigenvalue weighted by atomic mass is 14.6. The summed E-state index contributed by atoms with van der Waals surface area (Å²) in [5.74, 6) is 2.82. The number of hydrogen-bond acceptors (Lipinski definition) is 1. The summed E-state index contributed by atoms with van der Waals surface area (Å²) < 4.78 is 0. The number of nitrogens with two attached hydrogens (primary N) is 1. The van der Waals surface area contributed by atoms with E-state index in [0.29, 0.717) is 5.41 Å². The average Bonchev–Trinajstić information content (AvgIpc) is 2.04. The van der Waals surface area contributed by atoms with Gasteiger partial charge in [-0.25, -0.2) is 0 Å². The highest BCUT2D eigenvalue weighted by molar-refractivity contribution is 5.03. The van der Waals surface area contributed by atoms with Gasteiger partial charge in [0.1, 0.15) is 0 Å². The van der Waals surface area contributed by atoms with Gasteiger partial charge < -0.3 is 5.73 Å². The van der Waals surface area contributed by atoms with Crippen molar-refractivity contribution >= 4 is 0 Å². The van der Waals surface area contributed by atoms with Crippen molar-refractivity contribution in [3.63, 3.8) is 0 Å². The lowest BCUT2D eigenvalue weighted by atomic mass is 9.45. The van der Waals surface area contributed by atoms with E-state index >= 15 is 0 Å². The van der Waals surface area contributed by atoms with Crippen molar-refractivity contribution in [1.29, 1.82) is 0 Å². The van der Waals surface area contributed by atoms with Crippen LogP contribution in [0.5, 0.6) is 0 Å². The summed E-state index contributed by atoms with van der Waals surface area (Å²) in [6, 6.07) is 0. The smallest absolute Gasteiger partial charge is 0.00460 e. The van der Waals surface area contributed by atoms with E-state index in [4.69, 9.17) is 5.73 Å². The van der Waals surface area contributed by atoms with Gasteiger partial charge in [0.25, 0.3) is 0 Å². The van der Waals surface area contributed by atoms with Gasteiger partial charge in [-0.3, -0.25) is 0 Å². The Morgan fingerprint density at radius 1 is 1.36 bits per heavy atom. The lowest BCUT2D eigenvalue weighted by Gasteiger charge is -2.60. The molecule has 1 heteroatoms. The maximum absolute atomic E-state index is 5.74. The summed E-state index contributed by atoms with van der Waals surface area (Å²) in [4.78, 5) is 0. The van der Waals surface area contributed by atoms with Gasteiger partial charge in [0.05, 0.1) is 0 Å². The SMILES string of the molecule is CC1(C)[C@@H]2CC[C@H](CN)[C@@H]1C2. The van der Waals surface area contributed by atoms with Crippen molar-refractivity contribution in [1.82, 2.24) is 0 Å². The third-order valence-corrected chi connectivity index (χ3v) is 4.30. The van der Waals surface area contributed by atoms with Crippen LogP contribution < -0.4 is 5.73 Å². The summed E-state index contributed by atoms with van der Waals surface area (Å²) in [5, 5.41) is 0. The molecule has 3 aliphatic rings. The van der Waals surface area contributed by atoms with E-state index in [9.17, 15) is 0 Å². The minimum absolute atomic E-state index is 0.627. The van der Waals surface area contributed by atoms with Crippen molar-refractivity contribution in [2.75, 3.05) is 6.54 Å². The molecule has 0 aromatic heterocycles. The van der Waals surface area contributed by atoms with Gasteiger partial charge in [-0.2, -0.15) is 0 Å². The molecule has 0 saturated heterocycles. The quantitative estimate of drug-likeness (QED) is 0.612. The topological polar surface area (TPSA) is 26.0 Å².